The van der Waals surface area contributed by atoms with Crippen LogP contribution in [0.2, 0.25) is 0 Å². The minimum atomic E-state index is -0.783. The highest BCUT2D eigenvalue weighted by molar-refractivity contribution is 5.77. The third-order valence-electron chi connectivity index (χ3n) is 10.6. The van der Waals surface area contributed by atoms with Gasteiger partial charge in [0.25, 0.3) is 0 Å². The highest BCUT2D eigenvalue weighted by Crippen LogP contribution is 2.17. The van der Waals surface area contributed by atoms with Gasteiger partial charge in [-0.3, -0.25) is 9.59 Å². The number of nitrogens with one attached hydrogen (secondary N) is 1. The third kappa shape index (κ3) is 35.6. The van der Waals surface area contributed by atoms with Crippen molar-refractivity contribution < 1.29 is 24.5 Å². The molecule has 3 atom stereocenters. The van der Waals surface area contributed by atoms with Crippen LogP contribution in [-0.2, 0) is 14.3 Å². The van der Waals surface area contributed by atoms with Gasteiger partial charge in [-0.15, -0.1) is 0 Å². The monoisotopic (exact) mass is 736 g/mol. The van der Waals surface area contributed by atoms with E-state index in [2.05, 4.69) is 38.2 Å². The van der Waals surface area contributed by atoms with Gasteiger partial charge >= 0.3 is 5.97 Å². The van der Waals surface area contributed by atoms with Gasteiger partial charge in [-0.05, 0) is 44.9 Å². The fourth-order valence-corrected chi connectivity index (χ4v) is 7.08. The molecule has 308 valence electrons. The van der Waals surface area contributed by atoms with Crippen LogP contribution < -0.4 is 5.32 Å². The van der Waals surface area contributed by atoms with Gasteiger partial charge in [0.15, 0.2) is 0 Å². The van der Waals surface area contributed by atoms with Crippen LogP contribution in [-0.4, -0.2) is 46.9 Å². The van der Waals surface area contributed by atoms with Crippen molar-refractivity contribution in [3.63, 3.8) is 0 Å². The summed E-state index contributed by atoms with van der Waals surface area (Å²) in [6.45, 7) is 6.40. The minimum absolute atomic E-state index is 0.0719. The molecule has 1 amide bonds. The van der Waals surface area contributed by atoms with Gasteiger partial charge in [-0.25, -0.2) is 0 Å². The van der Waals surface area contributed by atoms with Crippen LogP contribution >= 0.6 is 0 Å². The van der Waals surface area contributed by atoms with Crippen molar-refractivity contribution in [2.75, 3.05) is 6.61 Å². The zero-order valence-electron chi connectivity index (χ0n) is 35.0. The predicted octanol–water partition coefficient (Wildman–Crippen LogP) is 13.0. The maximum atomic E-state index is 13.1. The van der Waals surface area contributed by atoms with E-state index in [1.807, 2.05) is 0 Å². The van der Waals surface area contributed by atoms with E-state index in [9.17, 15) is 19.8 Å². The van der Waals surface area contributed by atoms with Crippen LogP contribution in [0.15, 0.2) is 12.2 Å². The van der Waals surface area contributed by atoms with Crippen molar-refractivity contribution >= 4 is 11.9 Å². The van der Waals surface area contributed by atoms with E-state index in [1.54, 1.807) is 0 Å². The largest absolute Gasteiger partial charge is 0.462 e. The van der Waals surface area contributed by atoms with Crippen LogP contribution in [0.3, 0.4) is 0 Å². The molecule has 0 saturated carbocycles. The first-order chi connectivity index (χ1) is 25.5. The third-order valence-corrected chi connectivity index (χ3v) is 10.6. The highest BCUT2D eigenvalue weighted by atomic mass is 16.5. The molecule has 0 aliphatic carbocycles. The lowest BCUT2D eigenvalue weighted by Crippen LogP contribution is -2.46. The predicted molar refractivity (Wildman–Crippen MR) is 223 cm³/mol. The first kappa shape index (κ1) is 50.6. The summed E-state index contributed by atoms with van der Waals surface area (Å²) in [6.07, 6.45) is 42.8. The number of ether oxygens (including phenoxy) is 1. The van der Waals surface area contributed by atoms with E-state index >= 15 is 0 Å². The molecule has 0 radical (unpaired) electrons. The van der Waals surface area contributed by atoms with Crippen LogP contribution in [0.25, 0.3) is 0 Å². The van der Waals surface area contributed by atoms with Gasteiger partial charge in [0.2, 0.25) is 5.91 Å². The molecule has 0 bridgehead atoms. The number of amides is 1. The molecule has 0 rings (SSSR count). The number of hydrogen-bond donors (Lipinski definition) is 3. The standard InChI is InChI=1S/C46H89NO5/c1-4-7-10-13-16-19-21-22-23-25-26-29-32-35-38-44(49)43(41-48)47-45(50)40-42(37-34-31-28-18-15-12-9-6-3)52-46(51)39-36-33-30-27-24-20-17-14-11-8-5-2/h12,15,42-44,48-49H,4-11,13-14,16-41H2,1-3H3,(H,47,50)/b15-12-. The van der Waals surface area contributed by atoms with E-state index in [1.165, 1.54) is 135 Å². The van der Waals surface area contributed by atoms with Gasteiger partial charge < -0.3 is 20.3 Å². The van der Waals surface area contributed by atoms with Gasteiger partial charge in [0, 0.05) is 6.42 Å². The lowest BCUT2D eigenvalue weighted by atomic mass is 10.0. The SMILES string of the molecule is CCC/C=C\CCCCCC(CC(=O)NC(CO)C(O)CCCCCCCCCCCCCCCC)OC(=O)CCCCCCCCCCCCC. The van der Waals surface area contributed by atoms with E-state index in [-0.39, 0.29) is 24.9 Å². The summed E-state index contributed by atoms with van der Waals surface area (Å²) < 4.78 is 5.87. The maximum absolute atomic E-state index is 13.1. The van der Waals surface area contributed by atoms with Crippen molar-refractivity contribution in [2.24, 2.45) is 0 Å². The molecule has 0 spiro atoms. The van der Waals surface area contributed by atoms with E-state index < -0.39 is 18.2 Å². The summed E-state index contributed by atoms with van der Waals surface area (Å²) in [5.74, 6) is -0.484. The number of allylic oxidation sites excluding steroid dienone is 2. The molecule has 3 unspecified atom stereocenters. The average molecular weight is 736 g/mol. The first-order valence-electron chi connectivity index (χ1n) is 22.9. The summed E-state index contributed by atoms with van der Waals surface area (Å²) in [5.41, 5.74) is 0. The Morgan fingerprint density at radius 2 is 0.962 bits per heavy atom. The number of aliphatic hydroxyl groups excluding tert-OH is 2. The van der Waals surface area contributed by atoms with Crippen LogP contribution in [0, 0.1) is 0 Å². The topological polar surface area (TPSA) is 95.9 Å². The number of esters is 1. The Balaban J connectivity index is 4.44. The van der Waals surface area contributed by atoms with Crippen molar-refractivity contribution in [3.05, 3.63) is 12.2 Å². The normalized spacial score (nSPS) is 13.4. The Kier molecular flexibility index (Phi) is 39.7. The van der Waals surface area contributed by atoms with Gasteiger partial charge in [-0.2, -0.15) is 0 Å². The highest BCUT2D eigenvalue weighted by Gasteiger charge is 2.24. The molecule has 0 aromatic rings. The zero-order valence-corrected chi connectivity index (χ0v) is 35.0. The van der Waals surface area contributed by atoms with Crippen molar-refractivity contribution in [3.8, 4) is 0 Å². The molecule has 0 aliphatic rings. The fraction of sp³-hybridized carbons (Fsp3) is 0.913. The Labute approximate surface area is 323 Å². The summed E-state index contributed by atoms with van der Waals surface area (Å²) >= 11 is 0. The Morgan fingerprint density at radius 1 is 0.538 bits per heavy atom. The lowest BCUT2D eigenvalue weighted by molar-refractivity contribution is -0.151. The smallest absolute Gasteiger partial charge is 0.306 e. The van der Waals surface area contributed by atoms with Crippen LogP contribution in [0.1, 0.15) is 245 Å². The van der Waals surface area contributed by atoms with Gasteiger partial charge in [0.05, 0.1) is 25.2 Å². The molecular weight excluding hydrogens is 647 g/mol. The number of hydrogen-bond acceptors (Lipinski definition) is 5. The quantitative estimate of drug-likeness (QED) is 0.0330. The summed E-state index contributed by atoms with van der Waals surface area (Å²) in [5, 5.41) is 23.6. The molecule has 0 saturated heterocycles. The van der Waals surface area contributed by atoms with Crippen LogP contribution in [0.4, 0.5) is 0 Å². The summed E-state index contributed by atoms with van der Waals surface area (Å²) in [4.78, 5) is 25.9. The zero-order chi connectivity index (χ0) is 38.2. The number of unbranched alkanes of at least 4 members (excludes halogenated alkanes) is 27. The molecule has 0 heterocycles. The first-order valence-corrected chi connectivity index (χ1v) is 22.9. The second-order valence-corrected chi connectivity index (χ2v) is 15.8. The average Bonchev–Trinajstić information content (AvgIpc) is 3.13. The second-order valence-electron chi connectivity index (χ2n) is 15.8. The van der Waals surface area contributed by atoms with E-state index in [0.29, 0.717) is 19.3 Å². The van der Waals surface area contributed by atoms with E-state index in [4.69, 9.17) is 4.74 Å². The molecule has 52 heavy (non-hydrogen) atoms. The van der Waals surface area contributed by atoms with Gasteiger partial charge in [-0.1, -0.05) is 200 Å². The number of carbonyl (C=O) groups is 2. The molecular formula is C46H89NO5. The van der Waals surface area contributed by atoms with Crippen molar-refractivity contribution in [1.29, 1.82) is 0 Å². The maximum Gasteiger partial charge on any atom is 0.306 e. The molecule has 0 aromatic carbocycles. The summed E-state index contributed by atoms with van der Waals surface area (Å²) in [6, 6.07) is -0.697. The van der Waals surface area contributed by atoms with E-state index in [0.717, 1.165) is 64.2 Å². The lowest BCUT2D eigenvalue weighted by Gasteiger charge is -2.24. The Hall–Kier alpha value is -1.40. The fourth-order valence-electron chi connectivity index (χ4n) is 7.08. The molecule has 0 fully saturated rings. The number of aliphatic hydroxyl groups is 2. The molecule has 6 heteroatoms. The molecule has 0 aliphatic heterocycles. The summed E-state index contributed by atoms with van der Waals surface area (Å²) in [7, 11) is 0. The van der Waals surface area contributed by atoms with Crippen molar-refractivity contribution in [1.82, 2.24) is 5.32 Å². The van der Waals surface area contributed by atoms with Crippen LogP contribution in [0.5, 0.6) is 0 Å². The minimum Gasteiger partial charge on any atom is -0.462 e. The Bertz CT molecular complexity index is 787. The molecule has 6 nitrogen and oxygen atoms in total. The second kappa shape index (κ2) is 40.8. The molecule has 0 aromatic heterocycles. The molecule has 3 N–H and O–H groups in total. The number of rotatable bonds is 41. The number of carbonyl (C=O) groups excluding carboxylic acids is 2. The Morgan fingerprint density at radius 3 is 1.44 bits per heavy atom. The van der Waals surface area contributed by atoms with Crippen molar-refractivity contribution in [2.45, 2.75) is 264 Å². The van der Waals surface area contributed by atoms with Gasteiger partial charge in [0.1, 0.15) is 6.10 Å².